The summed E-state index contributed by atoms with van der Waals surface area (Å²) in [7, 11) is -0.808. The number of anilines is 1. The molecule has 1 unspecified atom stereocenters. The van der Waals surface area contributed by atoms with E-state index >= 15 is 0 Å². The van der Waals surface area contributed by atoms with Gasteiger partial charge in [0.2, 0.25) is 15.9 Å². The average Bonchev–Trinajstić information content (AvgIpc) is 3.18. The molecule has 7 nitrogen and oxygen atoms in total. The van der Waals surface area contributed by atoms with Gasteiger partial charge in [-0.25, -0.2) is 8.42 Å². The largest absolute Gasteiger partial charge is 0.497 e. The molecule has 1 atom stereocenters. The van der Waals surface area contributed by atoms with Crippen LogP contribution in [0.4, 0.5) is 5.69 Å². The van der Waals surface area contributed by atoms with Gasteiger partial charge < -0.3 is 14.8 Å². The fraction of sp³-hybridized carbons (Fsp3) is 0.409. The molecule has 0 radical (unpaired) electrons. The predicted octanol–water partition coefficient (Wildman–Crippen LogP) is 2.84. The Bertz CT molecular complexity index is 1040. The third-order valence-corrected chi connectivity index (χ3v) is 6.47. The highest BCUT2D eigenvalue weighted by atomic mass is 32.2. The monoisotopic (exact) mass is 432 g/mol. The van der Waals surface area contributed by atoms with E-state index in [1.807, 2.05) is 13.0 Å². The van der Waals surface area contributed by atoms with Crippen molar-refractivity contribution in [3.63, 3.8) is 0 Å². The number of fused-ring (bicyclic) bond motifs is 1. The van der Waals surface area contributed by atoms with Crippen molar-refractivity contribution in [2.45, 2.75) is 32.2 Å². The molecule has 2 aromatic carbocycles. The van der Waals surface area contributed by atoms with Crippen LogP contribution in [0.1, 0.15) is 36.1 Å². The summed E-state index contributed by atoms with van der Waals surface area (Å²) in [6.45, 7) is 1.53. The Labute approximate surface area is 178 Å². The Kier molecular flexibility index (Phi) is 6.55. The molecule has 3 rings (SSSR count). The first-order chi connectivity index (χ1) is 14.2. The van der Waals surface area contributed by atoms with E-state index in [0.29, 0.717) is 11.5 Å². The summed E-state index contributed by atoms with van der Waals surface area (Å²) < 4.78 is 36.5. The van der Waals surface area contributed by atoms with Gasteiger partial charge in [0, 0.05) is 6.07 Å². The number of aryl methyl sites for hydroxylation is 2. The van der Waals surface area contributed by atoms with Crippen LogP contribution in [0.3, 0.4) is 0 Å². The van der Waals surface area contributed by atoms with Gasteiger partial charge in [-0.2, -0.15) is 0 Å². The van der Waals surface area contributed by atoms with Gasteiger partial charge in [0.05, 0.1) is 32.2 Å². The molecular formula is C22H28N2O5S. The van der Waals surface area contributed by atoms with E-state index in [1.165, 1.54) is 31.4 Å². The Hall–Kier alpha value is -2.74. The van der Waals surface area contributed by atoms with E-state index in [0.717, 1.165) is 35.4 Å². The van der Waals surface area contributed by atoms with Crippen molar-refractivity contribution in [3.05, 3.63) is 53.1 Å². The van der Waals surface area contributed by atoms with Gasteiger partial charge in [-0.15, -0.1) is 0 Å². The second kappa shape index (κ2) is 8.95. The second-order valence-electron chi connectivity index (χ2n) is 7.48. The summed E-state index contributed by atoms with van der Waals surface area (Å²) in [5, 5.41) is 2.91. The molecule has 1 aliphatic carbocycles. The molecule has 1 aliphatic rings. The summed E-state index contributed by atoms with van der Waals surface area (Å²) in [5.74, 6) is 0.394. The van der Waals surface area contributed by atoms with Gasteiger partial charge in [-0.1, -0.05) is 18.2 Å². The molecule has 0 aliphatic heterocycles. The van der Waals surface area contributed by atoms with Crippen LogP contribution in [-0.4, -0.2) is 41.3 Å². The van der Waals surface area contributed by atoms with Gasteiger partial charge in [0.1, 0.15) is 18.0 Å². The second-order valence-corrected chi connectivity index (χ2v) is 9.39. The molecule has 0 spiro atoms. The van der Waals surface area contributed by atoms with E-state index in [4.69, 9.17) is 9.47 Å². The quantitative estimate of drug-likeness (QED) is 0.693. The van der Waals surface area contributed by atoms with Crippen LogP contribution in [-0.2, 0) is 27.7 Å². The summed E-state index contributed by atoms with van der Waals surface area (Å²) in [5.41, 5.74) is 3.95. The van der Waals surface area contributed by atoms with E-state index in [1.54, 1.807) is 12.1 Å². The number of sulfonamides is 1. The molecule has 0 aromatic heterocycles. The molecule has 0 heterocycles. The van der Waals surface area contributed by atoms with E-state index in [9.17, 15) is 13.2 Å². The third kappa shape index (κ3) is 4.87. The van der Waals surface area contributed by atoms with Crippen LogP contribution in [0.15, 0.2) is 36.4 Å². The van der Waals surface area contributed by atoms with Crippen LogP contribution in [0, 0.1) is 0 Å². The van der Waals surface area contributed by atoms with Gasteiger partial charge >= 0.3 is 0 Å². The summed E-state index contributed by atoms with van der Waals surface area (Å²) >= 11 is 0. The molecule has 0 saturated heterocycles. The first kappa shape index (κ1) is 22.0. The smallest absolute Gasteiger partial charge is 0.241 e. The van der Waals surface area contributed by atoms with Crippen LogP contribution < -0.4 is 19.1 Å². The van der Waals surface area contributed by atoms with Gasteiger partial charge in [0.15, 0.2) is 0 Å². The van der Waals surface area contributed by atoms with Crippen LogP contribution in [0.25, 0.3) is 0 Å². The summed E-state index contributed by atoms with van der Waals surface area (Å²) in [6, 6.07) is 10.8. The summed E-state index contributed by atoms with van der Waals surface area (Å²) in [4.78, 5) is 12.8. The fourth-order valence-electron chi connectivity index (χ4n) is 3.73. The lowest BCUT2D eigenvalue weighted by atomic mass is 10.0. The Balaban J connectivity index is 1.80. The lowest BCUT2D eigenvalue weighted by molar-refractivity contribution is -0.120. The first-order valence-electron chi connectivity index (χ1n) is 9.83. The zero-order valence-electron chi connectivity index (χ0n) is 17.8. The molecule has 8 heteroatoms. The van der Waals surface area contributed by atoms with Crippen molar-refractivity contribution in [1.82, 2.24) is 5.32 Å². The maximum Gasteiger partial charge on any atom is 0.241 e. The number of nitrogens with one attached hydrogen (secondary N) is 1. The SMILES string of the molecule is COc1ccc(OC)c(N(CC(=O)NC(C)c2ccc3c(c2)CCC3)S(C)(=O)=O)c1. The highest BCUT2D eigenvalue weighted by Gasteiger charge is 2.25. The minimum Gasteiger partial charge on any atom is -0.497 e. The molecule has 2 aromatic rings. The minimum atomic E-state index is -3.74. The van der Waals surface area contributed by atoms with Crippen LogP contribution in [0.2, 0.25) is 0 Å². The zero-order chi connectivity index (χ0) is 21.9. The first-order valence-corrected chi connectivity index (χ1v) is 11.7. The number of benzene rings is 2. The molecule has 0 fully saturated rings. The van der Waals surface area contributed by atoms with Crippen molar-refractivity contribution in [1.29, 1.82) is 0 Å². The molecule has 1 N–H and O–H groups in total. The van der Waals surface area contributed by atoms with E-state index in [2.05, 4.69) is 17.4 Å². The number of rotatable bonds is 8. The maximum absolute atomic E-state index is 12.8. The molecular weight excluding hydrogens is 404 g/mol. The number of hydrogen-bond acceptors (Lipinski definition) is 5. The van der Waals surface area contributed by atoms with E-state index < -0.39 is 15.9 Å². The standard InChI is InChI=1S/C22H28N2O5S/c1-15(17-9-8-16-6-5-7-18(16)12-17)23-22(25)14-24(30(4,26)27)20-13-19(28-2)10-11-21(20)29-3/h8-13,15H,5-7,14H2,1-4H3,(H,23,25). The van der Waals surface area contributed by atoms with Gasteiger partial charge in [-0.3, -0.25) is 9.10 Å². The number of amides is 1. The van der Waals surface area contributed by atoms with Crippen molar-refractivity contribution in [2.75, 3.05) is 31.3 Å². The number of hydrogen-bond donors (Lipinski definition) is 1. The topological polar surface area (TPSA) is 84.9 Å². The number of ether oxygens (including phenoxy) is 2. The molecule has 162 valence electrons. The zero-order valence-corrected chi connectivity index (χ0v) is 18.6. The highest BCUT2D eigenvalue weighted by Crippen LogP contribution is 2.33. The highest BCUT2D eigenvalue weighted by molar-refractivity contribution is 7.92. The fourth-order valence-corrected chi connectivity index (χ4v) is 4.59. The number of carbonyl (C=O) groups excluding carboxylic acids is 1. The average molecular weight is 433 g/mol. The number of carbonyl (C=O) groups is 1. The normalized spacial score (nSPS) is 14.0. The van der Waals surface area contributed by atoms with Gasteiger partial charge in [-0.05, 0) is 55.0 Å². The lowest BCUT2D eigenvalue weighted by Crippen LogP contribution is -2.41. The Morgan fingerprint density at radius 1 is 1.10 bits per heavy atom. The predicted molar refractivity (Wildman–Crippen MR) is 117 cm³/mol. The van der Waals surface area contributed by atoms with E-state index in [-0.39, 0.29) is 18.3 Å². The van der Waals surface area contributed by atoms with Crippen molar-refractivity contribution < 1.29 is 22.7 Å². The van der Waals surface area contributed by atoms with Crippen LogP contribution >= 0.6 is 0 Å². The van der Waals surface area contributed by atoms with Gasteiger partial charge in [0.25, 0.3) is 0 Å². The summed E-state index contributed by atoms with van der Waals surface area (Å²) in [6.07, 6.45) is 4.37. The van der Waals surface area contributed by atoms with Crippen molar-refractivity contribution >= 4 is 21.6 Å². The minimum absolute atomic E-state index is 0.239. The number of nitrogens with zero attached hydrogens (tertiary/aromatic N) is 1. The van der Waals surface area contributed by atoms with Crippen LogP contribution in [0.5, 0.6) is 11.5 Å². The molecule has 30 heavy (non-hydrogen) atoms. The Morgan fingerprint density at radius 3 is 2.50 bits per heavy atom. The third-order valence-electron chi connectivity index (χ3n) is 5.34. The Morgan fingerprint density at radius 2 is 1.83 bits per heavy atom. The van der Waals surface area contributed by atoms with Crippen molar-refractivity contribution in [3.8, 4) is 11.5 Å². The molecule has 0 saturated carbocycles. The molecule has 0 bridgehead atoms. The molecule has 1 amide bonds. The lowest BCUT2D eigenvalue weighted by Gasteiger charge is -2.25. The van der Waals surface area contributed by atoms with Crippen molar-refractivity contribution in [2.24, 2.45) is 0 Å². The maximum atomic E-state index is 12.8. The number of methoxy groups -OCH3 is 2.